The van der Waals surface area contributed by atoms with Crippen LogP contribution in [-0.2, 0) is 4.79 Å². The van der Waals surface area contributed by atoms with Gasteiger partial charge in [-0.15, -0.1) is 5.10 Å². The van der Waals surface area contributed by atoms with Crippen molar-refractivity contribution in [3.63, 3.8) is 0 Å². The molecule has 1 saturated heterocycles. The molecule has 2 aromatic heterocycles. The van der Waals surface area contributed by atoms with E-state index >= 15 is 0 Å². The Labute approximate surface area is 166 Å². The second-order valence-corrected chi connectivity index (χ2v) is 6.62. The zero-order chi connectivity index (χ0) is 20.4. The van der Waals surface area contributed by atoms with E-state index in [1.165, 1.54) is 4.68 Å². The third kappa shape index (κ3) is 4.03. The number of H-pyrrole nitrogens is 1. The summed E-state index contributed by atoms with van der Waals surface area (Å²) in [6, 6.07) is 11.1. The number of para-hydroxylation sites is 1. The van der Waals surface area contributed by atoms with Crippen LogP contribution in [0.15, 0.2) is 41.2 Å². The summed E-state index contributed by atoms with van der Waals surface area (Å²) in [5.41, 5.74) is 6.31. The quantitative estimate of drug-likeness (QED) is 0.575. The topological polar surface area (TPSA) is 138 Å². The number of carbonyl (C=O) groups is 1. The Balaban J connectivity index is 1.58. The molecule has 0 bridgehead atoms. The van der Waals surface area contributed by atoms with Crippen LogP contribution < -0.4 is 21.6 Å². The highest BCUT2D eigenvalue weighted by atomic mass is 16.2. The van der Waals surface area contributed by atoms with Crippen molar-refractivity contribution in [1.29, 1.82) is 0 Å². The molecule has 3 aromatic rings. The lowest BCUT2D eigenvalue weighted by Gasteiger charge is -2.34. The molecule has 0 spiro atoms. The number of nitrogens with zero attached hydrogens (tertiary/aromatic N) is 6. The molecule has 0 radical (unpaired) electrons. The first kappa shape index (κ1) is 18.5. The molecule has 11 nitrogen and oxygen atoms in total. The molecular weight excluding hydrogens is 374 g/mol. The first-order chi connectivity index (χ1) is 14.0. The Morgan fingerprint density at radius 3 is 2.55 bits per heavy atom. The number of benzene rings is 1. The van der Waals surface area contributed by atoms with Crippen molar-refractivity contribution in [3.8, 4) is 5.82 Å². The highest BCUT2D eigenvalue weighted by Gasteiger charge is 2.21. The van der Waals surface area contributed by atoms with E-state index in [2.05, 4.69) is 25.4 Å². The first-order valence-corrected chi connectivity index (χ1v) is 9.16. The van der Waals surface area contributed by atoms with E-state index in [4.69, 9.17) is 5.73 Å². The van der Waals surface area contributed by atoms with Gasteiger partial charge in [0.2, 0.25) is 17.8 Å². The number of aromatic nitrogens is 5. The van der Waals surface area contributed by atoms with Crippen molar-refractivity contribution < 1.29 is 4.79 Å². The van der Waals surface area contributed by atoms with Gasteiger partial charge in [-0.2, -0.15) is 14.6 Å². The van der Waals surface area contributed by atoms with E-state index in [0.717, 1.165) is 5.69 Å². The van der Waals surface area contributed by atoms with Crippen molar-refractivity contribution in [2.45, 2.75) is 6.92 Å². The normalized spacial score (nSPS) is 14.1. The van der Waals surface area contributed by atoms with Crippen LogP contribution in [-0.4, -0.2) is 61.7 Å². The number of anilines is 4. The van der Waals surface area contributed by atoms with Crippen LogP contribution in [0.4, 0.5) is 23.4 Å². The van der Waals surface area contributed by atoms with Gasteiger partial charge in [0, 0.05) is 44.9 Å². The van der Waals surface area contributed by atoms with Crippen LogP contribution in [0.3, 0.4) is 0 Å². The van der Waals surface area contributed by atoms with Gasteiger partial charge in [0.05, 0.1) is 0 Å². The number of hydrogen-bond donors (Lipinski definition) is 3. The number of hydrogen-bond acceptors (Lipinski definition) is 8. The summed E-state index contributed by atoms with van der Waals surface area (Å²) in [6.45, 7) is 3.88. The van der Waals surface area contributed by atoms with Crippen molar-refractivity contribution >= 4 is 29.3 Å². The Kier molecular flexibility index (Phi) is 4.85. The van der Waals surface area contributed by atoms with Crippen LogP contribution in [0.2, 0.25) is 0 Å². The van der Waals surface area contributed by atoms with Gasteiger partial charge in [0.25, 0.3) is 0 Å². The molecular formula is C18H21N9O2. The van der Waals surface area contributed by atoms with Crippen LogP contribution in [0.5, 0.6) is 0 Å². The van der Waals surface area contributed by atoms with Gasteiger partial charge in [-0.1, -0.05) is 18.2 Å². The lowest BCUT2D eigenvalue weighted by Crippen LogP contribution is -2.48. The monoisotopic (exact) mass is 395 g/mol. The lowest BCUT2D eigenvalue weighted by atomic mass is 10.3. The smallest absolute Gasteiger partial charge is 0.348 e. The van der Waals surface area contributed by atoms with E-state index in [0.29, 0.717) is 43.8 Å². The summed E-state index contributed by atoms with van der Waals surface area (Å²) in [6.07, 6.45) is 0. The number of nitrogens with one attached hydrogen (secondary N) is 2. The highest BCUT2D eigenvalue weighted by Crippen LogP contribution is 2.19. The Bertz CT molecular complexity index is 1070. The lowest BCUT2D eigenvalue weighted by molar-refractivity contribution is -0.129. The summed E-state index contributed by atoms with van der Waals surface area (Å²) in [5.74, 6) is 1.33. The number of nitrogens with two attached hydrogens (primary N) is 1. The standard InChI is InChI=1S/C18H21N9O2/c1-12(28)25-7-9-26(10-8-25)14-11-15(22-18(29)21-14)27-16(19)23-17(24-27)20-13-5-3-2-4-6-13/h2-6,11H,7-10H2,1H3,(H,21,22,29)(H3,19,20,23,24). The Morgan fingerprint density at radius 2 is 1.86 bits per heavy atom. The Hall–Kier alpha value is -3.89. The van der Waals surface area contributed by atoms with E-state index in [1.54, 1.807) is 17.9 Å². The molecule has 1 amide bonds. The average molecular weight is 395 g/mol. The van der Waals surface area contributed by atoms with Crippen LogP contribution in [0.1, 0.15) is 6.92 Å². The molecule has 0 atom stereocenters. The van der Waals surface area contributed by atoms with E-state index in [-0.39, 0.29) is 11.9 Å². The molecule has 1 aliphatic heterocycles. The number of carbonyl (C=O) groups excluding carboxylic acids is 1. The maximum Gasteiger partial charge on any atom is 0.348 e. The highest BCUT2D eigenvalue weighted by molar-refractivity contribution is 5.73. The summed E-state index contributed by atoms with van der Waals surface area (Å²) in [5, 5.41) is 7.40. The summed E-state index contributed by atoms with van der Waals surface area (Å²) < 4.78 is 1.35. The minimum absolute atomic E-state index is 0.0399. The molecule has 11 heteroatoms. The zero-order valence-electron chi connectivity index (χ0n) is 15.9. The molecule has 4 N–H and O–H groups in total. The minimum atomic E-state index is -0.515. The number of rotatable bonds is 4. The second kappa shape index (κ2) is 7.62. The molecule has 150 valence electrons. The van der Waals surface area contributed by atoms with E-state index < -0.39 is 5.69 Å². The fourth-order valence-electron chi connectivity index (χ4n) is 3.16. The van der Waals surface area contributed by atoms with Gasteiger partial charge in [-0.05, 0) is 12.1 Å². The largest absolute Gasteiger partial charge is 0.368 e. The van der Waals surface area contributed by atoms with Crippen LogP contribution in [0, 0.1) is 0 Å². The Morgan fingerprint density at radius 1 is 1.14 bits per heavy atom. The first-order valence-electron chi connectivity index (χ1n) is 9.16. The minimum Gasteiger partial charge on any atom is -0.368 e. The van der Waals surface area contributed by atoms with Gasteiger partial charge in [0.1, 0.15) is 11.6 Å². The van der Waals surface area contributed by atoms with Gasteiger partial charge >= 0.3 is 5.69 Å². The molecule has 29 heavy (non-hydrogen) atoms. The fourth-order valence-corrected chi connectivity index (χ4v) is 3.16. The molecule has 0 unspecified atom stereocenters. The third-order valence-electron chi connectivity index (χ3n) is 4.66. The molecule has 0 aliphatic carbocycles. The number of amides is 1. The SMILES string of the molecule is CC(=O)N1CCN(c2cc(-n3nc(Nc4ccccc4)nc3N)[nH]c(=O)n2)CC1. The average Bonchev–Trinajstić information content (AvgIpc) is 3.08. The van der Waals surface area contributed by atoms with Crippen LogP contribution >= 0.6 is 0 Å². The molecule has 1 aromatic carbocycles. The number of piperazine rings is 1. The van der Waals surface area contributed by atoms with Crippen molar-refractivity contribution in [1.82, 2.24) is 29.6 Å². The third-order valence-corrected chi connectivity index (χ3v) is 4.66. The van der Waals surface area contributed by atoms with Gasteiger partial charge in [0.15, 0.2) is 0 Å². The van der Waals surface area contributed by atoms with E-state index in [9.17, 15) is 9.59 Å². The summed E-state index contributed by atoms with van der Waals surface area (Å²) in [7, 11) is 0. The molecule has 1 aliphatic rings. The summed E-state index contributed by atoms with van der Waals surface area (Å²) in [4.78, 5) is 38.3. The number of nitrogen functional groups attached to an aromatic ring is 1. The fraction of sp³-hybridized carbons (Fsp3) is 0.278. The maximum atomic E-state index is 12.1. The zero-order valence-corrected chi connectivity index (χ0v) is 15.9. The maximum absolute atomic E-state index is 12.1. The molecule has 3 heterocycles. The molecule has 4 rings (SSSR count). The second-order valence-electron chi connectivity index (χ2n) is 6.62. The van der Waals surface area contributed by atoms with Gasteiger partial charge < -0.3 is 20.9 Å². The van der Waals surface area contributed by atoms with Crippen LogP contribution in [0.25, 0.3) is 5.82 Å². The predicted molar refractivity (Wildman–Crippen MR) is 108 cm³/mol. The molecule has 1 fully saturated rings. The summed E-state index contributed by atoms with van der Waals surface area (Å²) >= 11 is 0. The van der Waals surface area contributed by atoms with Crippen molar-refractivity contribution in [2.24, 2.45) is 0 Å². The van der Waals surface area contributed by atoms with E-state index in [1.807, 2.05) is 35.2 Å². The van der Waals surface area contributed by atoms with Crippen molar-refractivity contribution in [3.05, 3.63) is 46.9 Å². The molecule has 0 saturated carbocycles. The predicted octanol–water partition coefficient (Wildman–Crippen LogP) is 0.345. The van der Waals surface area contributed by atoms with Gasteiger partial charge in [-0.3, -0.25) is 9.78 Å². The number of aromatic amines is 1. The van der Waals surface area contributed by atoms with Crippen molar-refractivity contribution in [2.75, 3.05) is 42.1 Å². The van der Waals surface area contributed by atoms with Gasteiger partial charge in [-0.25, -0.2) is 4.79 Å².